The molecule has 0 fully saturated rings. The van der Waals surface area contributed by atoms with Gasteiger partial charge < -0.3 is 5.11 Å². The fraction of sp³-hybridized carbons (Fsp3) is 0. The van der Waals surface area contributed by atoms with E-state index in [4.69, 9.17) is 0 Å². The molecule has 2 N–H and O–H groups in total. The molecule has 0 aliphatic heterocycles. The van der Waals surface area contributed by atoms with Crippen molar-refractivity contribution in [3.05, 3.63) is 77.4 Å². The maximum Gasteiger partial charge on any atom is 0.275 e. The maximum absolute atomic E-state index is 13.5. The van der Waals surface area contributed by atoms with E-state index >= 15 is 0 Å². The molecule has 120 valence electrons. The first-order valence-corrected chi connectivity index (χ1v) is 7.05. The Morgan fingerprint density at radius 1 is 1.04 bits per heavy atom. The van der Waals surface area contributed by atoms with Crippen LogP contribution in [0.3, 0.4) is 0 Å². The zero-order valence-corrected chi connectivity index (χ0v) is 12.3. The highest BCUT2D eigenvalue weighted by Gasteiger charge is 2.11. The molecule has 0 unspecified atom stereocenters. The van der Waals surface area contributed by atoms with Gasteiger partial charge in [-0.3, -0.25) is 4.79 Å². The first-order valence-electron chi connectivity index (χ1n) is 7.05. The molecule has 0 heterocycles. The van der Waals surface area contributed by atoms with E-state index in [2.05, 4.69) is 10.5 Å². The van der Waals surface area contributed by atoms with E-state index in [0.29, 0.717) is 0 Å². The number of carbonyl (C=O) groups is 1. The highest BCUT2D eigenvalue weighted by atomic mass is 19.1. The Labute approximate surface area is 136 Å². The van der Waals surface area contributed by atoms with Crippen LogP contribution < -0.4 is 5.43 Å². The minimum atomic E-state index is -0.790. The lowest BCUT2D eigenvalue weighted by molar-refractivity contribution is 0.0952. The van der Waals surface area contributed by atoms with Gasteiger partial charge in [0, 0.05) is 11.6 Å². The number of hydrogen-bond acceptors (Lipinski definition) is 3. The molecule has 6 heteroatoms. The van der Waals surface area contributed by atoms with Gasteiger partial charge in [-0.15, -0.1) is 0 Å². The molecule has 1 amide bonds. The number of amides is 1. The molecular weight excluding hydrogens is 314 g/mol. The van der Waals surface area contributed by atoms with Crippen molar-refractivity contribution < 1.29 is 18.7 Å². The molecule has 24 heavy (non-hydrogen) atoms. The summed E-state index contributed by atoms with van der Waals surface area (Å²) in [6, 6.07) is 13.3. The number of fused-ring (bicyclic) bond motifs is 1. The topological polar surface area (TPSA) is 61.7 Å². The van der Waals surface area contributed by atoms with Gasteiger partial charge >= 0.3 is 0 Å². The van der Waals surface area contributed by atoms with Crippen LogP contribution in [0.5, 0.6) is 5.75 Å². The summed E-state index contributed by atoms with van der Waals surface area (Å²) in [7, 11) is 0. The highest BCUT2D eigenvalue weighted by Crippen LogP contribution is 2.24. The van der Waals surface area contributed by atoms with E-state index < -0.39 is 17.5 Å². The largest absolute Gasteiger partial charge is 0.507 e. The minimum Gasteiger partial charge on any atom is -0.507 e. The third-order valence-electron chi connectivity index (χ3n) is 3.44. The van der Waals surface area contributed by atoms with Crippen molar-refractivity contribution in [1.82, 2.24) is 5.43 Å². The van der Waals surface area contributed by atoms with Crippen molar-refractivity contribution in [3.8, 4) is 5.75 Å². The molecule has 4 nitrogen and oxygen atoms in total. The number of nitrogens with one attached hydrogen (secondary N) is 1. The summed E-state index contributed by atoms with van der Waals surface area (Å²) in [5.74, 6) is -2.32. The SMILES string of the molecule is O=C(N/N=C\c1ccc(F)cc1F)c1cc2ccccc2cc1O. The van der Waals surface area contributed by atoms with Crippen LogP contribution in [0.1, 0.15) is 15.9 Å². The van der Waals surface area contributed by atoms with Gasteiger partial charge in [0.15, 0.2) is 0 Å². The molecule has 3 rings (SSSR count). The third kappa shape index (κ3) is 3.22. The Hall–Kier alpha value is -3.28. The van der Waals surface area contributed by atoms with Gasteiger partial charge in [-0.05, 0) is 35.0 Å². The van der Waals surface area contributed by atoms with E-state index in [1.807, 2.05) is 24.3 Å². The zero-order chi connectivity index (χ0) is 17.1. The number of benzene rings is 3. The lowest BCUT2D eigenvalue weighted by atomic mass is 10.1. The molecule has 3 aromatic carbocycles. The molecule has 0 atom stereocenters. The molecule has 0 bridgehead atoms. The number of nitrogens with zero attached hydrogens (tertiary/aromatic N) is 1. The summed E-state index contributed by atoms with van der Waals surface area (Å²) in [4.78, 5) is 12.1. The lowest BCUT2D eigenvalue weighted by Crippen LogP contribution is -2.17. The number of hydrogen-bond donors (Lipinski definition) is 2. The molecular formula is C18H12F2N2O2. The number of rotatable bonds is 3. The van der Waals surface area contributed by atoms with Crippen molar-refractivity contribution in [2.75, 3.05) is 0 Å². The quantitative estimate of drug-likeness (QED) is 0.571. The number of hydrazone groups is 1. The Balaban J connectivity index is 1.80. The maximum atomic E-state index is 13.5. The fourth-order valence-electron chi connectivity index (χ4n) is 2.24. The van der Waals surface area contributed by atoms with Gasteiger partial charge in [0.1, 0.15) is 17.4 Å². The second kappa shape index (κ2) is 6.45. The van der Waals surface area contributed by atoms with Crippen LogP contribution >= 0.6 is 0 Å². The first-order chi connectivity index (χ1) is 11.5. The van der Waals surface area contributed by atoms with E-state index in [0.717, 1.165) is 29.1 Å². The van der Waals surface area contributed by atoms with E-state index in [1.54, 1.807) is 0 Å². The molecule has 0 saturated carbocycles. The monoisotopic (exact) mass is 326 g/mol. The van der Waals surface area contributed by atoms with Crippen LogP contribution in [0.25, 0.3) is 10.8 Å². The van der Waals surface area contributed by atoms with Gasteiger partial charge in [0.2, 0.25) is 0 Å². The van der Waals surface area contributed by atoms with Gasteiger partial charge in [-0.2, -0.15) is 5.10 Å². The molecule has 0 aliphatic rings. The first kappa shape index (κ1) is 15.6. The summed E-state index contributed by atoms with van der Waals surface area (Å²) in [6.07, 6.45) is 1.06. The highest BCUT2D eigenvalue weighted by molar-refractivity contribution is 6.01. The van der Waals surface area contributed by atoms with Gasteiger partial charge in [0.05, 0.1) is 11.8 Å². The van der Waals surface area contributed by atoms with Gasteiger partial charge in [-0.25, -0.2) is 14.2 Å². The van der Waals surface area contributed by atoms with Crippen molar-refractivity contribution in [3.63, 3.8) is 0 Å². The zero-order valence-electron chi connectivity index (χ0n) is 12.3. The average molecular weight is 326 g/mol. The average Bonchev–Trinajstić information content (AvgIpc) is 2.56. The summed E-state index contributed by atoms with van der Waals surface area (Å²) < 4.78 is 26.3. The number of carbonyl (C=O) groups excluding carboxylic acids is 1. The second-order valence-electron chi connectivity index (χ2n) is 5.08. The van der Waals surface area contributed by atoms with Crippen molar-refractivity contribution in [2.24, 2.45) is 5.10 Å². The number of halogens is 2. The van der Waals surface area contributed by atoms with Gasteiger partial charge in [-0.1, -0.05) is 24.3 Å². The Morgan fingerprint density at radius 2 is 1.75 bits per heavy atom. The van der Waals surface area contributed by atoms with Crippen LogP contribution in [0.15, 0.2) is 59.7 Å². The number of phenols is 1. The van der Waals surface area contributed by atoms with E-state index in [1.165, 1.54) is 18.2 Å². The second-order valence-corrected chi connectivity index (χ2v) is 5.08. The lowest BCUT2D eigenvalue weighted by Gasteiger charge is -2.05. The molecule has 0 aromatic heterocycles. The minimum absolute atomic E-state index is 0.0273. The van der Waals surface area contributed by atoms with Crippen LogP contribution in [0.2, 0.25) is 0 Å². The third-order valence-corrected chi connectivity index (χ3v) is 3.44. The summed E-state index contributed by atoms with van der Waals surface area (Å²) in [5, 5.41) is 15.2. The van der Waals surface area contributed by atoms with E-state index in [9.17, 15) is 18.7 Å². The Morgan fingerprint density at radius 3 is 2.46 bits per heavy atom. The van der Waals surface area contributed by atoms with Crippen molar-refractivity contribution in [1.29, 1.82) is 0 Å². The van der Waals surface area contributed by atoms with Gasteiger partial charge in [0.25, 0.3) is 5.91 Å². The van der Waals surface area contributed by atoms with Crippen LogP contribution in [-0.4, -0.2) is 17.2 Å². The van der Waals surface area contributed by atoms with E-state index in [-0.39, 0.29) is 16.9 Å². The summed E-state index contributed by atoms with van der Waals surface area (Å²) >= 11 is 0. The van der Waals surface area contributed by atoms with Crippen LogP contribution in [-0.2, 0) is 0 Å². The fourth-order valence-corrected chi connectivity index (χ4v) is 2.24. The Kier molecular flexibility index (Phi) is 4.20. The van der Waals surface area contributed by atoms with Crippen LogP contribution in [0, 0.1) is 11.6 Å². The molecule has 0 radical (unpaired) electrons. The predicted octanol–water partition coefficient (Wildman–Crippen LogP) is 3.59. The normalized spacial score (nSPS) is 11.1. The van der Waals surface area contributed by atoms with Crippen molar-refractivity contribution >= 4 is 22.9 Å². The molecule has 0 aliphatic carbocycles. The number of aromatic hydroxyl groups is 1. The summed E-state index contributed by atoms with van der Waals surface area (Å²) in [5.41, 5.74) is 2.28. The smallest absolute Gasteiger partial charge is 0.275 e. The van der Waals surface area contributed by atoms with Crippen LogP contribution in [0.4, 0.5) is 8.78 Å². The predicted molar refractivity (Wildman–Crippen MR) is 87.0 cm³/mol. The number of phenolic OH excluding ortho intramolecular Hbond substituents is 1. The molecule has 3 aromatic rings. The Bertz CT molecular complexity index is 955. The standard InChI is InChI=1S/C18H12F2N2O2/c19-14-6-5-13(16(20)9-14)10-21-22-18(24)15-7-11-3-1-2-4-12(11)8-17(15)23/h1-10,23H,(H,22,24)/b21-10-. The molecule has 0 saturated heterocycles. The van der Waals surface area contributed by atoms with Crippen molar-refractivity contribution in [2.45, 2.75) is 0 Å². The summed E-state index contributed by atoms with van der Waals surface area (Å²) in [6.45, 7) is 0. The molecule has 0 spiro atoms.